The van der Waals surface area contributed by atoms with Crippen LogP contribution in [-0.4, -0.2) is 37.1 Å². The van der Waals surface area contributed by atoms with E-state index < -0.39 is 0 Å². The average Bonchev–Trinajstić information content (AvgIpc) is 3.18. The van der Waals surface area contributed by atoms with Gasteiger partial charge in [0.25, 0.3) is 0 Å². The fourth-order valence-corrected chi connectivity index (χ4v) is 2.95. The summed E-state index contributed by atoms with van der Waals surface area (Å²) in [4.78, 5) is 8.68. The van der Waals surface area contributed by atoms with Crippen LogP contribution in [0.15, 0.2) is 83.1 Å². The van der Waals surface area contributed by atoms with Gasteiger partial charge in [-0.1, -0.05) is 65.8 Å². The molecule has 4 N–H and O–H groups in total. The van der Waals surface area contributed by atoms with Crippen molar-refractivity contribution in [3.05, 3.63) is 78.5 Å². The van der Waals surface area contributed by atoms with Crippen molar-refractivity contribution in [3.63, 3.8) is 0 Å². The number of nitrogens with zero attached hydrogens (tertiary/aromatic N) is 4. The highest BCUT2D eigenvalue weighted by Crippen LogP contribution is 2.32. The van der Waals surface area contributed by atoms with Gasteiger partial charge in [-0.2, -0.15) is 5.10 Å². The Morgan fingerprint density at radius 3 is 2.36 bits per heavy atom. The van der Waals surface area contributed by atoms with Gasteiger partial charge in [-0.15, -0.1) is 0 Å². The van der Waals surface area contributed by atoms with Gasteiger partial charge in [0.2, 0.25) is 0 Å². The number of hydrogen-bond donors (Lipinski definition) is 4. The molecule has 0 saturated heterocycles. The van der Waals surface area contributed by atoms with Gasteiger partial charge in [0.15, 0.2) is 23.0 Å². The third-order valence-electron chi connectivity index (χ3n) is 4.22. The number of fused-ring (bicyclic) bond motifs is 1. The molecule has 0 aliphatic carbocycles. The summed E-state index contributed by atoms with van der Waals surface area (Å²) < 4.78 is 0. The van der Waals surface area contributed by atoms with Crippen LogP contribution in [0.4, 0.5) is 5.82 Å². The van der Waals surface area contributed by atoms with Crippen LogP contribution in [0, 0.1) is 0 Å². The van der Waals surface area contributed by atoms with Crippen molar-refractivity contribution < 1.29 is 10.4 Å². The molecule has 0 spiro atoms. The summed E-state index contributed by atoms with van der Waals surface area (Å²) in [6.07, 6.45) is 1.68. The molecule has 0 amide bonds. The van der Waals surface area contributed by atoms with E-state index in [1.807, 2.05) is 47.9 Å². The third-order valence-corrected chi connectivity index (χ3v) is 4.22. The number of hydrogen-bond acceptors (Lipinski definition) is 6. The molecule has 0 unspecified atom stereocenters. The number of rotatable bonds is 4. The van der Waals surface area contributed by atoms with E-state index >= 15 is 0 Å². The Morgan fingerprint density at radius 1 is 0.964 bits per heavy atom. The minimum atomic E-state index is -0.0397. The van der Waals surface area contributed by atoms with Crippen LogP contribution in [-0.2, 0) is 0 Å². The number of pyridine rings is 1. The molecular weight excluding hydrogens is 356 g/mol. The molecule has 2 aromatic carbocycles. The minimum absolute atomic E-state index is 0.0397. The first kappa shape index (κ1) is 17.4. The number of aliphatic imine (C=N–C) groups is 1. The quantitative estimate of drug-likeness (QED) is 0.189. The van der Waals surface area contributed by atoms with Crippen molar-refractivity contribution >= 4 is 28.4 Å². The van der Waals surface area contributed by atoms with Crippen LogP contribution in [0.25, 0.3) is 22.2 Å². The molecule has 0 bridgehead atoms. The first-order valence-corrected chi connectivity index (χ1v) is 8.47. The lowest BCUT2D eigenvalue weighted by atomic mass is 10.0. The second kappa shape index (κ2) is 7.68. The molecule has 0 saturated carbocycles. The van der Waals surface area contributed by atoms with Crippen molar-refractivity contribution in [1.82, 2.24) is 20.7 Å². The SMILES string of the molecule is O/N=C(/C(=N/c1[nH]nc2nccc(-c3ccccc3)c12)NO)c1ccccc1. The van der Waals surface area contributed by atoms with Gasteiger partial charge in [-0.05, 0) is 17.2 Å². The van der Waals surface area contributed by atoms with E-state index in [0.29, 0.717) is 22.4 Å². The normalized spacial score (nSPS) is 12.3. The third kappa shape index (κ3) is 3.19. The van der Waals surface area contributed by atoms with Gasteiger partial charge in [-0.25, -0.2) is 9.98 Å². The van der Waals surface area contributed by atoms with Crippen LogP contribution in [0.5, 0.6) is 0 Å². The molecular formula is C20H16N6O2. The second-order valence-electron chi connectivity index (χ2n) is 5.88. The lowest BCUT2D eigenvalue weighted by Gasteiger charge is -2.07. The molecule has 0 radical (unpaired) electrons. The zero-order valence-electron chi connectivity index (χ0n) is 14.6. The number of benzene rings is 2. The highest BCUT2D eigenvalue weighted by Gasteiger charge is 2.16. The van der Waals surface area contributed by atoms with E-state index in [1.165, 1.54) is 0 Å². The van der Waals surface area contributed by atoms with Crippen molar-refractivity contribution in [1.29, 1.82) is 0 Å². The molecule has 8 nitrogen and oxygen atoms in total. The fourth-order valence-electron chi connectivity index (χ4n) is 2.95. The van der Waals surface area contributed by atoms with E-state index in [0.717, 1.165) is 11.1 Å². The van der Waals surface area contributed by atoms with E-state index in [1.54, 1.807) is 30.5 Å². The van der Waals surface area contributed by atoms with E-state index in [-0.39, 0.29) is 11.5 Å². The largest absolute Gasteiger partial charge is 0.410 e. The maximum atomic E-state index is 9.62. The number of nitrogens with one attached hydrogen (secondary N) is 2. The van der Waals surface area contributed by atoms with Gasteiger partial charge in [-0.3, -0.25) is 15.8 Å². The van der Waals surface area contributed by atoms with Crippen LogP contribution < -0.4 is 5.48 Å². The minimum Gasteiger partial charge on any atom is -0.410 e. The highest BCUT2D eigenvalue weighted by molar-refractivity contribution is 6.47. The summed E-state index contributed by atoms with van der Waals surface area (Å²) in [5.74, 6) is 0.331. The monoisotopic (exact) mass is 372 g/mol. The lowest BCUT2D eigenvalue weighted by molar-refractivity contribution is 0.236. The maximum absolute atomic E-state index is 9.62. The molecule has 2 heterocycles. The van der Waals surface area contributed by atoms with Crippen LogP contribution in [0.2, 0.25) is 0 Å². The summed E-state index contributed by atoms with van der Waals surface area (Å²) in [6.45, 7) is 0. The second-order valence-corrected chi connectivity index (χ2v) is 5.88. The number of amidine groups is 1. The zero-order valence-corrected chi connectivity index (χ0v) is 14.6. The first-order chi connectivity index (χ1) is 13.8. The highest BCUT2D eigenvalue weighted by atomic mass is 16.5. The molecule has 138 valence electrons. The zero-order chi connectivity index (χ0) is 19.3. The lowest BCUT2D eigenvalue weighted by Crippen LogP contribution is -2.29. The van der Waals surface area contributed by atoms with Gasteiger partial charge in [0, 0.05) is 11.8 Å². The molecule has 2 aromatic heterocycles. The number of aromatic amines is 1. The molecule has 28 heavy (non-hydrogen) atoms. The molecule has 0 atom stereocenters. The summed E-state index contributed by atoms with van der Waals surface area (Å²) >= 11 is 0. The summed E-state index contributed by atoms with van der Waals surface area (Å²) in [6, 6.07) is 20.5. The predicted molar refractivity (Wildman–Crippen MR) is 106 cm³/mol. The fraction of sp³-hybridized carbons (Fsp3) is 0. The average molecular weight is 372 g/mol. The van der Waals surface area contributed by atoms with Crippen molar-refractivity contribution in [3.8, 4) is 11.1 Å². The Balaban J connectivity index is 1.87. The number of hydroxylamine groups is 1. The molecule has 0 aliphatic heterocycles. The van der Waals surface area contributed by atoms with E-state index in [9.17, 15) is 10.4 Å². The molecule has 4 aromatic rings. The Bertz CT molecular complexity index is 1150. The standard InChI is InChI=1S/C20H16N6O2/c27-25-17(14-9-5-2-6-10-14)20(26-28)22-19-16-15(13-7-3-1-4-8-13)11-12-21-18(16)23-24-19/h1-12,27-28H,(H2,21,22,23,24,26)/b25-17+. The maximum Gasteiger partial charge on any atom is 0.183 e. The smallest absolute Gasteiger partial charge is 0.183 e. The Morgan fingerprint density at radius 2 is 1.68 bits per heavy atom. The molecule has 4 rings (SSSR count). The van der Waals surface area contributed by atoms with Crippen LogP contribution >= 0.6 is 0 Å². The van der Waals surface area contributed by atoms with E-state index in [4.69, 9.17) is 0 Å². The Hall–Kier alpha value is -4.04. The van der Waals surface area contributed by atoms with E-state index in [2.05, 4.69) is 25.3 Å². The summed E-state index contributed by atoms with van der Waals surface area (Å²) in [5, 5.41) is 30.1. The van der Waals surface area contributed by atoms with Crippen molar-refractivity contribution in [2.24, 2.45) is 10.1 Å². The summed E-state index contributed by atoms with van der Waals surface area (Å²) in [5.41, 5.74) is 5.01. The molecule has 8 heteroatoms. The van der Waals surface area contributed by atoms with Crippen molar-refractivity contribution in [2.75, 3.05) is 0 Å². The van der Waals surface area contributed by atoms with Gasteiger partial charge >= 0.3 is 0 Å². The van der Waals surface area contributed by atoms with Crippen LogP contribution in [0.1, 0.15) is 5.56 Å². The van der Waals surface area contributed by atoms with Crippen LogP contribution in [0.3, 0.4) is 0 Å². The van der Waals surface area contributed by atoms with Gasteiger partial charge < -0.3 is 5.21 Å². The Labute approximate surface area is 159 Å². The topological polar surface area (TPSA) is 119 Å². The van der Waals surface area contributed by atoms with Gasteiger partial charge in [0.05, 0.1) is 5.39 Å². The number of H-pyrrole nitrogens is 1. The Kier molecular flexibility index (Phi) is 4.77. The summed E-state index contributed by atoms with van der Waals surface area (Å²) in [7, 11) is 0. The number of aromatic nitrogens is 3. The molecule has 0 fully saturated rings. The first-order valence-electron chi connectivity index (χ1n) is 8.47. The molecule has 0 aliphatic rings. The number of oxime groups is 1. The van der Waals surface area contributed by atoms with Gasteiger partial charge in [0.1, 0.15) is 0 Å². The predicted octanol–water partition coefficient (Wildman–Crippen LogP) is 3.51. The van der Waals surface area contributed by atoms with Crippen molar-refractivity contribution in [2.45, 2.75) is 0 Å².